The summed E-state index contributed by atoms with van der Waals surface area (Å²) in [7, 11) is 0. The Bertz CT molecular complexity index is 427. The molecule has 1 aliphatic rings. The number of thiophene rings is 1. The van der Waals surface area contributed by atoms with E-state index >= 15 is 0 Å². The molecule has 1 saturated carbocycles. The first-order chi connectivity index (χ1) is 9.16. The molecule has 0 radical (unpaired) electrons. The molecule has 0 saturated heterocycles. The first-order valence-electron chi connectivity index (χ1n) is 6.45. The van der Waals surface area contributed by atoms with Crippen molar-refractivity contribution < 1.29 is 14.7 Å². The minimum absolute atomic E-state index is 0.0493. The lowest BCUT2D eigenvalue weighted by atomic mass is 10.2. The van der Waals surface area contributed by atoms with Crippen LogP contribution in [-0.4, -0.2) is 29.5 Å². The van der Waals surface area contributed by atoms with E-state index in [4.69, 9.17) is 0 Å². The van der Waals surface area contributed by atoms with Crippen molar-refractivity contribution in [3.8, 4) is 0 Å². The minimum Gasteiger partial charge on any atom is -0.387 e. The SMILES string of the molecule is O=C(NC[C@@H](O)c1ccsc1)C(=O)NC1CCCC1. The van der Waals surface area contributed by atoms with E-state index in [0.717, 1.165) is 31.2 Å². The van der Waals surface area contributed by atoms with Gasteiger partial charge in [0, 0.05) is 12.6 Å². The minimum atomic E-state index is -0.769. The highest BCUT2D eigenvalue weighted by molar-refractivity contribution is 7.07. The molecule has 2 amide bonds. The van der Waals surface area contributed by atoms with Crippen LogP contribution in [0.2, 0.25) is 0 Å². The van der Waals surface area contributed by atoms with Gasteiger partial charge in [-0.3, -0.25) is 9.59 Å². The Morgan fingerprint density at radius 3 is 2.74 bits per heavy atom. The highest BCUT2D eigenvalue weighted by Crippen LogP contribution is 2.17. The second-order valence-electron chi connectivity index (χ2n) is 4.74. The van der Waals surface area contributed by atoms with Crippen molar-refractivity contribution in [2.24, 2.45) is 0 Å². The molecule has 0 aromatic carbocycles. The number of aliphatic hydroxyl groups excluding tert-OH is 1. The van der Waals surface area contributed by atoms with Crippen molar-refractivity contribution >= 4 is 23.2 Å². The number of nitrogens with one attached hydrogen (secondary N) is 2. The fourth-order valence-corrected chi connectivity index (χ4v) is 2.88. The van der Waals surface area contributed by atoms with Crippen molar-refractivity contribution in [2.45, 2.75) is 37.8 Å². The molecule has 1 aromatic rings. The zero-order valence-corrected chi connectivity index (χ0v) is 11.4. The van der Waals surface area contributed by atoms with Crippen LogP contribution in [0, 0.1) is 0 Å². The summed E-state index contributed by atoms with van der Waals surface area (Å²) >= 11 is 1.48. The molecule has 2 rings (SSSR count). The predicted molar refractivity (Wildman–Crippen MR) is 72.7 cm³/mol. The van der Waals surface area contributed by atoms with Gasteiger partial charge in [0.15, 0.2) is 0 Å². The van der Waals surface area contributed by atoms with Crippen molar-refractivity contribution in [1.82, 2.24) is 10.6 Å². The lowest BCUT2D eigenvalue weighted by Crippen LogP contribution is -2.44. The standard InChI is InChI=1S/C13H18N2O3S/c16-11(9-5-6-19-8-9)7-14-12(17)13(18)15-10-3-1-2-4-10/h5-6,8,10-11,16H,1-4,7H2,(H,14,17)(H,15,18)/t11-/m1/s1. The maximum Gasteiger partial charge on any atom is 0.309 e. The first-order valence-corrected chi connectivity index (χ1v) is 7.40. The predicted octanol–water partition coefficient (Wildman–Crippen LogP) is 0.956. The third-order valence-corrected chi connectivity index (χ3v) is 3.98. The van der Waals surface area contributed by atoms with Gasteiger partial charge in [-0.1, -0.05) is 12.8 Å². The van der Waals surface area contributed by atoms with Crippen LogP contribution in [0.1, 0.15) is 37.4 Å². The molecule has 3 N–H and O–H groups in total. The van der Waals surface area contributed by atoms with Gasteiger partial charge in [0.2, 0.25) is 0 Å². The number of amides is 2. The van der Waals surface area contributed by atoms with E-state index in [-0.39, 0.29) is 12.6 Å². The number of rotatable bonds is 4. The third kappa shape index (κ3) is 4.04. The van der Waals surface area contributed by atoms with Gasteiger partial charge in [0.25, 0.3) is 0 Å². The summed E-state index contributed by atoms with van der Waals surface area (Å²) in [6.07, 6.45) is 3.31. The number of hydrogen-bond donors (Lipinski definition) is 3. The lowest BCUT2D eigenvalue weighted by Gasteiger charge is -2.13. The van der Waals surface area contributed by atoms with E-state index in [9.17, 15) is 14.7 Å². The molecular weight excluding hydrogens is 264 g/mol. The van der Waals surface area contributed by atoms with Crippen LogP contribution in [0.3, 0.4) is 0 Å². The fraction of sp³-hybridized carbons (Fsp3) is 0.538. The maximum absolute atomic E-state index is 11.6. The second-order valence-corrected chi connectivity index (χ2v) is 5.52. The molecule has 0 spiro atoms. The number of aliphatic hydroxyl groups is 1. The van der Waals surface area contributed by atoms with Crippen LogP contribution in [0.5, 0.6) is 0 Å². The molecule has 0 aliphatic heterocycles. The number of carbonyl (C=O) groups excluding carboxylic acids is 2. The zero-order chi connectivity index (χ0) is 13.7. The van der Waals surface area contributed by atoms with E-state index in [1.807, 2.05) is 10.8 Å². The summed E-state index contributed by atoms with van der Waals surface area (Å²) in [4.78, 5) is 23.2. The van der Waals surface area contributed by atoms with Crippen molar-refractivity contribution in [2.75, 3.05) is 6.54 Å². The molecule has 19 heavy (non-hydrogen) atoms. The summed E-state index contributed by atoms with van der Waals surface area (Å²) in [5.74, 6) is -1.29. The Kier molecular flexibility index (Phi) is 4.93. The molecule has 5 nitrogen and oxygen atoms in total. The van der Waals surface area contributed by atoms with Crippen LogP contribution in [0.4, 0.5) is 0 Å². The quantitative estimate of drug-likeness (QED) is 0.720. The Labute approximate surface area is 116 Å². The van der Waals surface area contributed by atoms with Crippen molar-refractivity contribution in [1.29, 1.82) is 0 Å². The van der Waals surface area contributed by atoms with Gasteiger partial charge in [-0.05, 0) is 35.2 Å². The van der Waals surface area contributed by atoms with Gasteiger partial charge < -0.3 is 15.7 Å². The maximum atomic E-state index is 11.6. The second kappa shape index (κ2) is 6.68. The molecular formula is C13H18N2O3S. The molecule has 104 valence electrons. The average molecular weight is 282 g/mol. The van der Waals surface area contributed by atoms with Crippen LogP contribution in [-0.2, 0) is 9.59 Å². The average Bonchev–Trinajstić information content (AvgIpc) is 3.07. The van der Waals surface area contributed by atoms with Crippen LogP contribution in [0.15, 0.2) is 16.8 Å². The van der Waals surface area contributed by atoms with Gasteiger partial charge in [0.05, 0.1) is 6.10 Å². The molecule has 6 heteroatoms. The Morgan fingerprint density at radius 1 is 1.37 bits per heavy atom. The third-order valence-electron chi connectivity index (χ3n) is 3.28. The topological polar surface area (TPSA) is 78.4 Å². The van der Waals surface area contributed by atoms with Crippen LogP contribution < -0.4 is 10.6 Å². The van der Waals surface area contributed by atoms with E-state index in [1.54, 1.807) is 6.07 Å². The normalized spacial score (nSPS) is 17.1. The highest BCUT2D eigenvalue weighted by atomic mass is 32.1. The van der Waals surface area contributed by atoms with E-state index < -0.39 is 17.9 Å². The lowest BCUT2D eigenvalue weighted by molar-refractivity contribution is -0.139. The summed E-state index contributed by atoms with van der Waals surface area (Å²) < 4.78 is 0. The Morgan fingerprint density at radius 2 is 2.11 bits per heavy atom. The Hall–Kier alpha value is -1.40. The van der Waals surface area contributed by atoms with Crippen molar-refractivity contribution in [3.05, 3.63) is 22.4 Å². The molecule has 1 atom stereocenters. The van der Waals surface area contributed by atoms with E-state index in [2.05, 4.69) is 10.6 Å². The van der Waals surface area contributed by atoms with E-state index in [1.165, 1.54) is 11.3 Å². The molecule has 0 bridgehead atoms. The summed E-state index contributed by atoms with van der Waals surface area (Å²) in [6.45, 7) is 0.0493. The highest BCUT2D eigenvalue weighted by Gasteiger charge is 2.21. The van der Waals surface area contributed by atoms with Gasteiger partial charge >= 0.3 is 11.8 Å². The number of carbonyl (C=O) groups is 2. The Balaban J connectivity index is 1.72. The molecule has 1 aliphatic carbocycles. The summed E-state index contributed by atoms with van der Waals surface area (Å²) in [5, 5.41) is 18.6. The van der Waals surface area contributed by atoms with Crippen molar-refractivity contribution in [3.63, 3.8) is 0 Å². The zero-order valence-electron chi connectivity index (χ0n) is 10.6. The number of hydrogen-bond acceptors (Lipinski definition) is 4. The summed E-state index contributed by atoms with van der Waals surface area (Å²) in [6, 6.07) is 1.92. The van der Waals surface area contributed by atoms with Crippen LogP contribution in [0.25, 0.3) is 0 Å². The summed E-state index contributed by atoms with van der Waals surface area (Å²) in [5.41, 5.74) is 0.751. The molecule has 1 fully saturated rings. The largest absolute Gasteiger partial charge is 0.387 e. The molecule has 1 heterocycles. The fourth-order valence-electron chi connectivity index (χ4n) is 2.17. The van der Waals surface area contributed by atoms with Gasteiger partial charge in [0.1, 0.15) is 0 Å². The van der Waals surface area contributed by atoms with Crippen LogP contribution >= 0.6 is 11.3 Å². The van der Waals surface area contributed by atoms with Gasteiger partial charge in [-0.2, -0.15) is 11.3 Å². The first kappa shape index (κ1) is 14.0. The van der Waals surface area contributed by atoms with Gasteiger partial charge in [-0.15, -0.1) is 0 Å². The molecule has 1 aromatic heterocycles. The van der Waals surface area contributed by atoms with Gasteiger partial charge in [-0.25, -0.2) is 0 Å². The smallest absolute Gasteiger partial charge is 0.309 e. The molecule has 0 unspecified atom stereocenters. The van der Waals surface area contributed by atoms with E-state index in [0.29, 0.717) is 0 Å². The monoisotopic (exact) mass is 282 g/mol.